The molecule has 1 heterocycles. The summed E-state index contributed by atoms with van der Waals surface area (Å²) in [5, 5.41) is 14.5. The molecule has 10 heteroatoms. The number of nitrogens with one attached hydrogen (secondary N) is 1. The summed E-state index contributed by atoms with van der Waals surface area (Å²) in [5.41, 5.74) is 0.0811. The molecule has 1 aliphatic heterocycles. The van der Waals surface area contributed by atoms with Crippen LogP contribution in [0.2, 0.25) is 0 Å². The second-order valence-corrected chi connectivity index (χ2v) is 9.58. The molecule has 0 bridgehead atoms. The molecule has 0 aromatic heterocycles. The first-order valence-electron chi connectivity index (χ1n) is 10.3. The third-order valence-electron chi connectivity index (χ3n) is 5.23. The molecule has 2 rings (SSSR count). The van der Waals surface area contributed by atoms with Crippen molar-refractivity contribution in [3.8, 4) is 0 Å². The van der Waals surface area contributed by atoms with Crippen molar-refractivity contribution in [2.75, 3.05) is 51.3 Å². The average Bonchev–Trinajstić information content (AvgIpc) is 2.74. The van der Waals surface area contributed by atoms with Crippen molar-refractivity contribution in [3.05, 3.63) is 53.6 Å². The van der Waals surface area contributed by atoms with Gasteiger partial charge in [-0.3, -0.25) is 15.0 Å². The summed E-state index contributed by atoms with van der Waals surface area (Å²) in [7, 11) is -3.92. The molecule has 0 aliphatic carbocycles. The van der Waals surface area contributed by atoms with E-state index >= 15 is 0 Å². The van der Waals surface area contributed by atoms with Crippen LogP contribution >= 0.6 is 0 Å². The lowest BCUT2D eigenvalue weighted by Crippen LogP contribution is -2.44. The Morgan fingerprint density at radius 1 is 1.26 bits per heavy atom. The minimum Gasteiger partial charge on any atom is -0.382 e. The van der Waals surface area contributed by atoms with Crippen molar-refractivity contribution in [3.63, 3.8) is 0 Å². The molecule has 1 aromatic rings. The van der Waals surface area contributed by atoms with Gasteiger partial charge in [0.25, 0.3) is 5.69 Å². The van der Waals surface area contributed by atoms with Crippen LogP contribution < -0.4 is 5.32 Å². The van der Waals surface area contributed by atoms with Gasteiger partial charge in [0.1, 0.15) is 4.90 Å². The van der Waals surface area contributed by atoms with Gasteiger partial charge >= 0.3 is 0 Å². The maximum Gasteiger partial charge on any atom is 0.270 e. The van der Waals surface area contributed by atoms with E-state index in [4.69, 9.17) is 4.74 Å². The first kappa shape index (κ1) is 25.0. The highest BCUT2D eigenvalue weighted by Crippen LogP contribution is 2.30. The lowest BCUT2D eigenvalue weighted by Gasteiger charge is -2.34. The van der Waals surface area contributed by atoms with E-state index in [0.717, 1.165) is 6.07 Å². The van der Waals surface area contributed by atoms with Crippen LogP contribution in [0.25, 0.3) is 0 Å². The number of nitrogens with zero attached hydrogens (tertiary/aromatic N) is 3. The number of benzene rings is 1. The number of hydrogen-bond donors (Lipinski definition) is 1. The maximum absolute atomic E-state index is 13.3. The van der Waals surface area contributed by atoms with Gasteiger partial charge in [-0.2, -0.15) is 4.31 Å². The van der Waals surface area contributed by atoms with Crippen molar-refractivity contribution < 1.29 is 18.1 Å². The molecule has 9 nitrogen and oxygen atoms in total. The zero-order valence-corrected chi connectivity index (χ0v) is 19.0. The first-order valence-corrected chi connectivity index (χ1v) is 11.7. The fraction of sp³-hybridized carbons (Fsp3) is 0.524. The van der Waals surface area contributed by atoms with E-state index in [1.54, 1.807) is 0 Å². The van der Waals surface area contributed by atoms with Crippen LogP contribution in [-0.4, -0.2) is 74.5 Å². The van der Waals surface area contributed by atoms with Gasteiger partial charge in [0.15, 0.2) is 0 Å². The minimum absolute atomic E-state index is 0.0742. The average molecular weight is 453 g/mol. The predicted octanol–water partition coefficient (Wildman–Crippen LogP) is 2.73. The summed E-state index contributed by atoms with van der Waals surface area (Å²) in [6.45, 7) is 14.6. The fourth-order valence-electron chi connectivity index (χ4n) is 3.59. The number of anilines is 1. The fourth-order valence-corrected chi connectivity index (χ4v) is 5.18. The van der Waals surface area contributed by atoms with Crippen molar-refractivity contribution >= 4 is 21.4 Å². The van der Waals surface area contributed by atoms with Gasteiger partial charge in [0, 0.05) is 50.9 Å². The molecule has 0 amide bonds. The lowest BCUT2D eigenvalue weighted by atomic mass is 10.0. The van der Waals surface area contributed by atoms with Crippen molar-refractivity contribution in [1.82, 2.24) is 9.21 Å². The van der Waals surface area contributed by atoms with Crippen LogP contribution in [0.5, 0.6) is 0 Å². The summed E-state index contributed by atoms with van der Waals surface area (Å²) in [4.78, 5) is 12.8. The second kappa shape index (κ2) is 11.4. The van der Waals surface area contributed by atoms with Crippen molar-refractivity contribution in [1.29, 1.82) is 0 Å². The van der Waals surface area contributed by atoms with Gasteiger partial charge < -0.3 is 10.1 Å². The van der Waals surface area contributed by atoms with Crippen molar-refractivity contribution in [2.24, 2.45) is 5.92 Å². The highest BCUT2D eigenvalue weighted by molar-refractivity contribution is 7.89. The Kier molecular flexibility index (Phi) is 9.17. The Bertz CT molecular complexity index is 872. The summed E-state index contributed by atoms with van der Waals surface area (Å²) in [6, 6.07) is 3.98. The van der Waals surface area contributed by atoms with E-state index in [1.165, 1.54) is 16.4 Å². The topological polar surface area (TPSA) is 105 Å². The number of nitro groups is 1. The van der Waals surface area contributed by atoms with E-state index in [2.05, 4.69) is 37.2 Å². The lowest BCUT2D eigenvalue weighted by molar-refractivity contribution is -0.385. The van der Waals surface area contributed by atoms with E-state index in [0.29, 0.717) is 38.5 Å². The zero-order chi connectivity index (χ0) is 23.0. The molecule has 31 heavy (non-hydrogen) atoms. The number of ether oxygens (including phenoxy) is 1. The molecule has 0 unspecified atom stereocenters. The number of sulfonamides is 1. The van der Waals surface area contributed by atoms with Gasteiger partial charge in [0.2, 0.25) is 10.0 Å². The van der Waals surface area contributed by atoms with Gasteiger partial charge in [-0.25, -0.2) is 8.42 Å². The monoisotopic (exact) mass is 452 g/mol. The van der Waals surface area contributed by atoms with Crippen LogP contribution in [0, 0.1) is 16.0 Å². The van der Waals surface area contributed by atoms with Crippen molar-refractivity contribution in [2.45, 2.75) is 24.8 Å². The Morgan fingerprint density at radius 3 is 2.39 bits per heavy atom. The quantitative estimate of drug-likeness (QED) is 0.295. The number of nitro benzene ring substituents is 1. The smallest absolute Gasteiger partial charge is 0.270 e. The summed E-state index contributed by atoms with van der Waals surface area (Å²) >= 11 is 0. The molecule has 1 N–H and O–H groups in total. The number of rotatable bonds is 12. The third kappa shape index (κ3) is 6.36. The Morgan fingerprint density at radius 2 is 1.87 bits per heavy atom. The highest BCUT2D eigenvalue weighted by atomic mass is 32.2. The molecule has 172 valence electrons. The van der Waals surface area contributed by atoms with E-state index in [1.807, 2.05) is 12.2 Å². The largest absolute Gasteiger partial charge is 0.382 e. The van der Waals surface area contributed by atoms with Crippen LogP contribution in [0.3, 0.4) is 0 Å². The summed E-state index contributed by atoms with van der Waals surface area (Å²) in [5.74, 6) is 0.268. The normalized spacial score (nSPS) is 16.3. The molecule has 1 aliphatic rings. The van der Waals surface area contributed by atoms with Gasteiger partial charge in [0.05, 0.1) is 23.8 Å². The number of non-ortho nitro benzene ring substituents is 1. The van der Waals surface area contributed by atoms with Crippen LogP contribution in [0.15, 0.2) is 48.4 Å². The highest BCUT2D eigenvalue weighted by Gasteiger charge is 2.31. The molecule has 0 saturated carbocycles. The first-order chi connectivity index (χ1) is 14.7. The van der Waals surface area contributed by atoms with Crippen LogP contribution in [0.4, 0.5) is 11.4 Å². The van der Waals surface area contributed by atoms with E-state index in [-0.39, 0.29) is 35.6 Å². The third-order valence-corrected chi connectivity index (χ3v) is 7.17. The van der Waals surface area contributed by atoms with E-state index in [9.17, 15) is 18.5 Å². The van der Waals surface area contributed by atoms with Gasteiger partial charge in [-0.1, -0.05) is 26.0 Å². The molecule has 1 atom stereocenters. The van der Waals surface area contributed by atoms with Crippen LogP contribution in [0.1, 0.15) is 13.8 Å². The SMILES string of the molecule is C=CCN(CC=C)[C@H](CNc1ccc([N+](=O)[O-])cc1S(=O)(=O)N1CCOCC1)C(C)C. The molecule has 1 saturated heterocycles. The number of hydrogen-bond acceptors (Lipinski definition) is 7. The van der Waals surface area contributed by atoms with Gasteiger partial charge in [-0.15, -0.1) is 13.2 Å². The van der Waals surface area contributed by atoms with Gasteiger partial charge in [-0.05, 0) is 12.0 Å². The molecule has 0 spiro atoms. The minimum atomic E-state index is -3.92. The molecular weight excluding hydrogens is 420 g/mol. The molecular formula is C21H32N4O5S. The molecule has 1 fully saturated rings. The maximum atomic E-state index is 13.3. The Hall–Kier alpha value is -2.27. The predicted molar refractivity (Wildman–Crippen MR) is 122 cm³/mol. The van der Waals surface area contributed by atoms with E-state index < -0.39 is 14.9 Å². The Balaban J connectivity index is 2.37. The van der Waals surface area contributed by atoms with Crippen LogP contribution in [-0.2, 0) is 14.8 Å². The number of morpholine rings is 1. The Labute approximate surface area is 184 Å². The molecule has 0 radical (unpaired) electrons. The second-order valence-electron chi connectivity index (χ2n) is 7.68. The standard InChI is InChI=1S/C21H32N4O5S/c1-5-9-23(10-6-2)20(17(3)4)16-22-19-8-7-18(25(26)27)15-21(19)31(28,29)24-11-13-30-14-12-24/h5-8,15,17,20,22H,1-2,9-14,16H2,3-4H3/t20-/m1/s1. The molecule has 1 aromatic carbocycles. The zero-order valence-electron chi connectivity index (χ0n) is 18.2. The summed E-state index contributed by atoms with van der Waals surface area (Å²) < 4.78 is 33.1. The summed E-state index contributed by atoms with van der Waals surface area (Å²) in [6.07, 6.45) is 3.64.